The first-order valence-corrected chi connectivity index (χ1v) is 6.54. The molecule has 0 radical (unpaired) electrons. The van der Waals surface area contributed by atoms with Crippen molar-refractivity contribution in [3.8, 4) is 5.75 Å². The molecule has 0 spiro atoms. The van der Waals surface area contributed by atoms with Gasteiger partial charge in [-0.25, -0.2) is 0 Å². The highest BCUT2D eigenvalue weighted by Gasteiger charge is 2.21. The van der Waals surface area contributed by atoms with Crippen molar-refractivity contribution in [2.75, 3.05) is 0 Å². The monoisotopic (exact) mass is 252 g/mol. The fourth-order valence-electron chi connectivity index (χ4n) is 2.43. The van der Waals surface area contributed by atoms with Crippen LogP contribution < -0.4 is 0 Å². The lowest BCUT2D eigenvalue weighted by Crippen LogP contribution is -2.11. The predicted octanol–water partition coefficient (Wildman–Crippen LogP) is 3.74. The number of hydrogen-bond donors (Lipinski definition) is 1. The maximum Gasteiger partial charge on any atom is 0.136 e. The van der Waals surface area contributed by atoms with Crippen molar-refractivity contribution in [3.05, 3.63) is 28.8 Å². The number of Topliss-reactive ketones (excluding diaryl/α,β-unsaturated/α-hetero) is 1. The van der Waals surface area contributed by atoms with Gasteiger partial charge in [0.1, 0.15) is 11.5 Å². The van der Waals surface area contributed by atoms with Crippen LogP contribution in [-0.4, -0.2) is 10.9 Å². The number of carbonyl (C=O) groups excluding carboxylic acids is 1. The molecule has 2 rings (SSSR count). The molecule has 1 N–H and O–H groups in total. The van der Waals surface area contributed by atoms with E-state index >= 15 is 0 Å². The molecule has 0 bridgehead atoms. The minimum Gasteiger partial charge on any atom is -0.506 e. The molecule has 0 aromatic heterocycles. The quantitative estimate of drug-likeness (QED) is 0.886. The van der Waals surface area contributed by atoms with E-state index in [-0.39, 0.29) is 5.75 Å². The van der Waals surface area contributed by atoms with Crippen molar-refractivity contribution in [3.63, 3.8) is 0 Å². The zero-order valence-corrected chi connectivity index (χ0v) is 10.5. The second-order valence-electron chi connectivity index (χ2n) is 4.73. The van der Waals surface area contributed by atoms with Gasteiger partial charge in [0.25, 0.3) is 0 Å². The zero-order valence-electron chi connectivity index (χ0n) is 9.79. The van der Waals surface area contributed by atoms with Gasteiger partial charge in [0, 0.05) is 12.3 Å². The third-order valence-electron chi connectivity index (χ3n) is 3.48. The molecule has 0 unspecified atom stereocenters. The zero-order chi connectivity index (χ0) is 12.3. The lowest BCUT2D eigenvalue weighted by Gasteiger charge is -2.08. The third-order valence-corrected chi connectivity index (χ3v) is 3.79. The van der Waals surface area contributed by atoms with Crippen molar-refractivity contribution in [2.24, 2.45) is 5.92 Å². The van der Waals surface area contributed by atoms with Crippen molar-refractivity contribution in [1.29, 1.82) is 0 Å². The van der Waals surface area contributed by atoms with E-state index in [0.717, 1.165) is 24.8 Å². The second kappa shape index (κ2) is 5.54. The Morgan fingerprint density at radius 2 is 2.06 bits per heavy atom. The summed E-state index contributed by atoms with van der Waals surface area (Å²) in [6.07, 6.45) is 5.83. The smallest absolute Gasteiger partial charge is 0.136 e. The molecule has 1 aromatic carbocycles. The molecule has 0 saturated heterocycles. The number of phenolic OH excluding ortho intramolecular Hbond substituents is 1. The molecule has 0 amide bonds. The maximum atomic E-state index is 11.9. The molecule has 1 aliphatic carbocycles. The third kappa shape index (κ3) is 3.22. The van der Waals surface area contributed by atoms with Crippen LogP contribution in [0.25, 0.3) is 0 Å². The number of halogens is 1. The summed E-state index contributed by atoms with van der Waals surface area (Å²) in [7, 11) is 0. The van der Waals surface area contributed by atoms with E-state index in [1.165, 1.54) is 12.8 Å². The first-order chi connectivity index (χ1) is 8.16. The van der Waals surface area contributed by atoms with Crippen LogP contribution in [0.2, 0.25) is 5.02 Å². The van der Waals surface area contributed by atoms with Crippen LogP contribution in [0.4, 0.5) is 0 Å². The molecule has 1 saturated carbocycles. The molecule has 0 aliphatic heterocycles. The number of aryl methyl sites for hydroxylation is 1. The summed E-state index contributed by atoms with van der Waals surface area (Å²) in [6, 6.07) is 5.14. The van der Waals surface area contributed by atoms with Gasteiger partial charge in [-0.05, 0) is 37.0 Å². The molecule has 17 heavy (non-hydrogen) atoms. The molecule has 0 atom stereocenters. The van der Waals surface area contributed by atoms with Crippen LogP contribution in [0.1, 0.15) is 37.7 Å². The van der Waals surface area contributed by atoms with Crippen molar-refractivity contribution >= 4 is 17.4 Å². The molecule has 3 heteroatoms. The first kappa shape index (κ1) is 12.4. The van der Waals surface area contributed by atoms with Gasteiger partial charge >= 0.3 is 0 Å². The Hall–Kier alpha value is -1.02. The minimum atomic E-state index is 0.0949. The highest BCUT2D eigenvalue weighted by atomic mass is 35.5. The van der Waals surface area contributed by atoms with E-state index in [4.69, 9.17) is 11.6 Å². The van der Waals surface area contributed by atoms with Crippen LogP contribution in [0.3, 0.4) is 0 Å². The lowest BCUT2D eigenvalue weighted by molar-refractivity contribution is -0.122. The van der Waals surface area contributed by atoms with Gasteiger partial charge < -0.3 is 5.11 Å². The van der Waals surface area contributed by atoms with Gasteiger partial charge in [0.15, 0.2) is 0 Å². The number of benzene rings is 1. The number of aromatic hydroxyl groups is 1. The number of ketones is 1. The van der Waals surface area contributed by atoms with Gasteiger partial charge in [0.2, 0.25) is 0 Å². The van der Waals surface area contributed by atoms with E-state index in [2.05, 4.69) is 0 Å². The summed E-state index contributed by atoms with van der Waals surface area (Å²) < 4.78 is 0. The van der Waals surface area contributed by atoms with Crippen LogP contribution >= 0.6 is 11.6 Å². The Balaban J connectivity index is 1.88. The van der Waals surface area contributed by atoms with E-state index in [1.54, 1.807) is 12.1 Å². The minimum absolute atomic E-state index is 0.0949. The summed E-state index contributed by atoms with van der Waals surface area (Å²) >= 11 is 5.82. The Morgan fingerprint density at radius 3 is 2.71 bits per heavy atom. The number of rotatable bonds is 4. The summed E-state index contributed by atoms with van der Waals surface area (Å²) in [5.74, 6) is 0.770. The highest BCUT2D eigenvalue weighted by Crippen LogP contribution is 2.28. The maximum absolute atomic E-state index is 11.9. The molecule has 92 valence electrons. The van der Waals surface area contributed by atoms with Gasteiger partial charge in [-0.1, -0.05) is 30.5 Å². The summed E-state index contributed by atoms with van der Waals surface area (Å²) in [5.41, 5.74) is 1.01. The highest BCUT2D eigenvalue weighted by molar-refractivity contribution is 6.32. The fraction of sp³-hybridized carbons (Fsp3) is 0.500. The Morgan fingerprint density at radius 1 is 1.35 bits per heavy atom. The van der Waals surface area contributed by atoms with Crippen LogP contribution in [0.15, 0.2) is 18.2 Å². The summed E-state index contributed by atoms with van der Waals surface area (Å²) in [5, 5.41) is 9.65. The predicted molar refractivity (Wildman–Crippen MR) is 68.4 cm³/mol. The number of hydrogen-bond acceptors (Lipinski definition) is 2. The van der Waals surface area contributed by atoms with Crippen molar-refractivity contribution < 1.29 is 9.90 Å². The van der Waals surface area contributed by atoms with E-state index in [0.29, 0.717) is 23.1 Å². The van der Waals surface area contributed by atoms with Crippen LogP contribution in [0.5, 0.6) is 5.75 Å². The summed E-state index contributed by atoms with van der Waals surface area (Å²) in [4.78, 5) is 11.9. The van der Waals surface area contributed by atoms with Gasteiger partial charge in [-0.2, -0.15) is 0 Å². The number of phenols is 1. The first-order valence-electron chi connectivity index (χ1n) is 6.17. The van der Waals surface area contributed by atoms with Crippen molar-refractivity contribution in [1.82, 2.24) is 0 Å². The molecule has 1 aromatic rings. The van der Waals surface area contributed by atoms with Crippen LogP contribution in [0, 0.1) is 5.92 Å². The average molecular weight is 253 g/mol. The lowest BCUT2D eigenvalue weighted by atomic mass is 9.97. The Kier molecular flexibility index (Phi) is 4.06. The normalized spacial score (nSPS) is 16.3. The van der Waals surface area contributed by atoms with Crippen molar-refractivity contribution in [2.45, 2.75) is 38.5 Å². The standard InChI is InChI=1S/C14H17ClO2/c15-12-9-10(6-8-14(12)17)5-7-13(16)11-3-1-2-4-11/h6,8-9,11,17H,1-5,7H2. The molecule has 0 heterocycles. The van der Waals surface area contributed by atoms with E-state index < -0.39 is 0 Å². The summed E-state index contributed by atoms with van der Waals surface area (Å²) in [6.45, 7) is 0. The second-order valence-corrected chi connectivity index (χ2v) is 5.14. The Labute approximate surface area is 107 Å². The average Bonchev–Trinajstić information content (AvgIpc) is 2.84. The van der Waals surface area contributed by atoms with E-state index in [9.17, 15) is 9.90 Å². The molecular weight excluding hydrogens is 236 g/mol. The van der Waals surface area contributed by atoms with Gasteiger partial charge in [0.05, 0.1) is 5.02 Å². The number of carbonyl (C=O) groups is 1. The van der Waals surface area contributed by atoms with Gasteiger partial charge in [-0.3, -0.25) is 4.79 Å². The SMILES string of the molecule is O=C(CCc1ccc(O)c(Cl)c1)C1CCCC1. The topological polar surface area (TPSA) is 37.3 Å². The largest absolute Gasteiger partial charge is 0.506 e. The van der Waals surface area contributed by atoms with E-state index in [1.807, 2.05) is 6.07 Å². The van der Waals surface area contributed by atoms with Crippen LogP contribution in [-0.2, 0) is 11.2 Å². The van der Waals surface area contributed by atoms with Gasteiger partial charge in [-0.15, -0.1) is 0 Å². The fourth-order valence-corrected chi connectivity index (χ4v) is 2.63. The molecule has 2 nitrogen and oxygen atoms in total. The molecular formula is C14H17ClO2. The molecule has 1 aliphatic rings. The molecule has 1 fully saturated rings. The Bertz CT molecular complexity index is 409.